The normalized spacial score (nSPS) is 32.6. The molecule has 3 atom stereocenters. The first kappa shape index (κ1) is 10.2. The molecular formula is C11H14O4. The van der Waals surface area contributed by atoms with Crippen LogP contribution in [0.4, 0.5) is 0 Å². The number of allylic oxidation sites excluding steroid dienone is 1. The van der Waals surface area contributed by atoms with Gasteiger partial charge in [0, 0.05) is 6.42 Å². The second-order valence-corrected chi connectivity index (χ2v) is 3.89. The van der Waals surface area contributed by atoms with Gasteiger partial charge in [-0.25, -0.2) is 4.79 Å². The highest BCUT2D eigenvalue weighted by Crippen LogP contribution is 2.33. The molecule has 0 aromatic rings. The Morgan fingerprint density at radius 1 is 1.67 bits per heavy atom. The van der Waals surface area contributed by atoms with Crippen LogP contribution in [0.25, 0.3) is 0 Å². The number of rotatable bonds is 3. The zero-order valence-corrected chi connectivity index (χ0v) is 8.64. The molecule has 0 saturated carbocycles. The molecule has 1 aliphatic carbocycles. The molecule has 0 amide bonds. The number of carbonyl (C=O) groups excluding carboxylic acids is 2. The molecule has 4 nitrogen and oxygen atoms in total. The Balaban J connectivity index is 1.97. The van der Waals surface area contributed by atoms with Crippen molar-refractivity contribution in [3.05, 3.63) is 12.2 Å². The van der Waals surface area contributed by atoms with Crippen LogP contribution in [0.5, 0.6) is 0 Å². The van der Waals surface area contributed by atoms with E-state index in [1.54, 1.807) is 0 Å². The Labute approximate surface area is 88.2 Å². The fraction of sp³-hybridized carbons (Fsp3) is 0.636. The Morgan fingerprint density at radius 2 is 2.47 bits per heavy atom. The molecule has 15 heavy (non-hydrogen) atoms. The molecule has 0 aromatic carbocycles. The summed E-state index contributed by atoms with van der Waals surface area (Å²) < 4.78 is 10.2. The number of hydrogen-bond donors (Lipinski definition) is 0. The van der Waals surface area contributed by atoms with Gasteiger partial charge in [0.05, 0.1) is 5.92 Å². The lowest BCUT2D eigenvalue weighted by Crippen LogP contribution is -2.29. The first-order valence-electron chi connectivity index (χ1n) is 5.29. The van der Waals surface area contributed by atoms with Gasteiger partial charge in [-0.3, -0.25) is 4.79 Å². The molecule has 4 heteroatoms. The highest BCUT2D eigenvalue weighted by molar-refractivity contribution is 5.82. The lowest BCUT2D eigenvalue weighted by atomic mass is 10.0. The van der Waals surface area contributed by atoms with E-state index >= 15 is 0 Å². The fourth-order valence-electron chi connectivity index (χ4n) is 1.99. The second-order valence-electron chi connectivity index (χ2n) is 3.89. The quantitative estimate of drug-likeness (QED) is 0.519. The third kappa shape index (κ3) is 1.89. The predicted molar refractivity (Wildman–Crippen MR) is 51.9 cm³/mol. The monoisotopic (exact) mass is 210 g/mol. The zero-order chi connectivity index (χ0) is 10.8. The molecular weight excluding hydrogens is 196 g/mol. The summed E-state index contributed by atoms with van der Waals surface area (Å²) in [5.41, 5.74) is 0. The molecule has 1 heterocycles. The van der Waals surface area contributed by atoms with Gasteiger partial charge in [-0.05, 0) is 18.9 Å². The van der Waals surface area contributed by atoms with E-state index in [9.17, 15) is 9.59 Å². The van der Waals surface area contributed by atoms with Gasteiger partial charge >= 0.3 is 11.9 Å². The molecule has 2 rings (SSSR count). The lowest BCUT2D eigenvalue weighted by molar-refractivity contribution is -0.161. The van der Waals surface area contributed by atoms with Crippen LogP contribution >= 0.6 is 0 Å². The molecule has 0 spiro atoms. The topological polar surface area (TPSA) is 52.6 Å². The molecule has 82 valence electrons. The highest BCUT2D eigenvalue weighted by atomic mass is 16.6. The van der Waals surface area contributed by atoms with Crippen LogP contribution in [0.3, 0.4) is 0 Å². The van der Waals surface area contributed by atoms with Gasteiger partial charge in [-0.2, -0.15) is 0 Å². The first-order valence-corrected chi connectivity index (χ1v) is 5.29. The number of esters is 2. The molecule has 0 N–H and O–H groups in total. The van der Waals surface area contributed by atoms with Gasteiger partial charge < -0.3 is 9.47 Å². The zero-order valence-electron chi connectivity index (χ0n) is 8.64. The summed E-state index contributed by atoms with van der Waals surface area (Å²) in [6.45, 7) is 1.90. The van der Waals surface area contributed by atoms with E-state index in [4.69, 9.17) is 9.47 Å². The van der Waals surface area contributed by atoms with Crippen molar-refractivity contribution in [3.63, 3.8) is 0 Å². The van der Waals surface area contributed by atoms with Crippen molar-refractivity contribution in [1.29, 1.82) is 0 Å². The summed E-state index contributed by atoms with van der Waals surface area (Å²) in [5.74, 6) is -0.718. The molecule has 0 bridgehead atoms. The highest BCUT2D eigenvalue weighted by Gasteiger charge is 2.47. The van der Waals surface area contributed by atoms with Crippen LogP contribution in [0.2, 0.25) is 0 Å². The van der Waals surface area contributed by atoms with Crippen molar-refractivity contribution >= 4 is 11.9 Å². The van der Waals surface area contributed by atoms with Crippen molar-refractivity contribution in [1.82, 2.24) is 0 Å². The third-order valence-electron chi connectivity index (χ3n) is 2.74. The van der Waals surface area contributed by atoms with Gasteiger partial charge in [-0.1, -0.05) is 13.0 Å². The largest absolute Gasteiger partial charge is 0.455 e. The predicted octanol–water partition coefficient (Wildman–Crippen LogP) is 1.20. The number of ether oxygens (including phenoxy) is 2. The van der Waals surface area contributed by atoms with Gasteiger partial charge in [-0.15, -0.1) is 0 Å². The lowest BCUT2D eigenvalue weighted by Gasteiger charge is -2.13. The molecule has 1 aliphatic heterocycles. The van der Waals surface area contributed by atoms with Gasteiger partial charge in [0.15, 0.2) is 0 Å². The minimum absolute atomic E-state index is 0.00157. The summed E-state index contributed by atoms with van der Waals surface area (Å²) in [7, 11) is 0. The van der Waals surface area contributed by atoms with E-state index in [1.165, 1.54) is 0 Å². The minimum atomic E-state index is -0.691. The summed E-state index contributed by atoms with van der Waals surface area (Å²) in [5, 5.41) is 0. The number of carbonyl (C=O) groups is 2. The average molecular weight is 210 g/mol. The van der Waals surface area contributed by atoms with Crippen LogP contribution in [-0.4, -0.2) is 24.1 Å². The van der Waals surface area contributed by atoms with Gasteiger partial charge in [0.25, 0.3) is 0 Å². The number of fused-ring (bicyclic) bond motifs is 1. The van der Waals surface area contributed by atoms with Gasteiger partial charge in [0.1, 0.15) is 6.10 Å². The maximum Gasteiger partial charge on any atom is 0.348 e. The molecule has 0 unspecified atom stereocenters. The number of hydrogen-bond acceptors (Lipinski definition) is 4. The molecule has 1 saturated heterocycles. The fourth-order valence-corrected chi connectivity index (χ4v) is 1.99. The summed E-state index contributed by atoms with van der Waals surface area (Å²) >= 11 is 0. The summed E-state index contributed by atoms with van der Waals surface area (Å²) in [6, 6.07) is 0. The van der Waals surface area contributed by atoms with Crippen molar-refractivity contribution in [2.45, 2.75) is 38.4 Å². The van der Waals surface area contributed by atoms with Crippen LogP contribution in [-0.2, 0) is 19.1 Å². The average Bonchev–Trinajstić information content (AvgIpc) is 2.71. The molecule has 0 radical (unpaired) electrons. The second kappa shape index (κ2) is 4.04. The maximum atomic E-state index is 11.4. The van der Waals surface area contributed by atoms with Crippen molar-refractivity contribution in [2.24, 2.45) is 5.92 Å². The Morgan fingerprint density at radius 3 is 3.20 bits per heavy atom. The smallest absolute Gasteiger partial charge is 0.348 e. The first-order chi connectivity index (χ1) is 7.22. The van der Waals surface area contributed by atoms with E-state index < -0.39 is 12.1 Å². The standard InChI is InChI=1S/C11H14O4/c1-2-4-9(12)15-10-7-5-3-6-8(7)14-11(10)13/h3,6-8,10H,2,4-5H2,1H3/t7-,8+,10-/m1/s1. The third-order valence-corrected chi connectivity index (χ3v) is 2.74. The van der Waals surface area contributed by atoms with Crippen LogP contribution in [0.1, 0.15) is 26.2 Å². The van der Waals surface area contributed by atoms with Crippen LogP contribution < -0.4 is 0 Å². The summed E-state index contributed by atoms with van der Waals surface area (Å²) in [6.07, 6.45) is 4.78. The van der Waals surface area contributed by atoms with Gasteiger partial charge in [0.2, 0.25) is 6.10 Å². The Kier molecular flexibility index (Phi) is 2.75. The molecule has 1 fully saturated rings. The van der Waals surface area contributed by atoms with Crippen molar-refractivity contribution in [3.8, 4) is 0 Å². The Bertz CT molecular complexity index is 308. The van der Waals surface area contributed by atoms with Crippen LogP contribution in [0, 0.1) is 5.92 Å². The van der Waals surface area contributed by atoms with E-state index in [0.29, 0.717) is 6.42 Å². The Hall–Kier alpha value is -1.32. The van der Waals surface area contributed by atoms with E-state index in [0.717, 1.165) is 12.8 Å². The SMILES string of the molecule is CCCC(=O)O[C@H]1C(=O)O[C@H]2C=CC[C@H]21. The molecule has 2 aliphatic rings. The maximum absolute atomic E-state index is 11.4. The van der Waals surface area contributed by atoms with Crippen molar-refractivity contribution in [2.75, 3.05) is 0 Å². The van der Waals surface area contributed by atoms with E-state index in [-0.39, 0.29) is 18.0 Å². The minimum Gasteiger partial charge on any atom is -0.455 e. The molecule has 0 aromatic heterocycles. The summed E-state index contributed by atoms with van der Waals surface area (Å²) in [4.78, 5) is 22.7. The van der Waals surface area contributed by atoms with E-state index in [1.807, 2.05) is 19.1 Å². The van der Waals surface area contributed by atoms with Crippen LogP contribution in [0.15, 0.2) is 12.2 Å². The van der Waals surface area contributed by atoms with E-state index in [2.05, 4.69) is 0 Å². The van der Waals surface area contributed by atoms with Crippen molar-refractivity contribution < 1.29 is 19.1 Å².